The fourth-order valence-corrected chi connectivity index (χ4v) is 3.45. The van der Waals surface area contributed by atoms with Crippen LogP contribution >= 0.6 is 11.6 Å². The Balaban J connectivity index is 1.41. The van der Waals surface area contributed by atoms with Gasteiger partial charge < -0.3 is 14.6 Å². The maximum absolute atomic E-state index is 12.4. The third kappa shape index (κ3) is 3.98. The Morgan fingerprint density at radius 3 is 2.78 bits per heavy atom. The summed E-state index contributed by atoms with van der Waals surface area (Å²) in [4.78, 5) is 19.1. The molecule has 0 unspecified atom stereocenters. The SMILES string of the molecule is O=C(NCc1ccnc(N2CCCC2)c1)c1ccc(-c2ccccc2Cl)o1. The summed E-state index contributed by atoms with van der Waals surface area (Å²) >= 11 is 6.19. The lowest BCUT2D eigenvalue weighted by Crippen LogP contribution is -2.23. The lowest BCUT2D eigenvalue weighted by molar-refractivity contribution is 0.0924. The van der Waals surface area contributed by atoms with E-state index < -0.39 is 0 Å². The van der Waals surface area contributed by atoms with Crippen molar-refractivity contribution in [2.75, 3.05) is 18.0 Å². The highest BCUT2D eigenvalue weighted by Crippen LogP contribution is 2.29. The Labute approximate surface area is 163 Å². The van der Waals surface area contributed by atoms with E-state index in [9.17, 15) is 4.79 Å². The van der Waals surface area contributed by atoms with E-state index in [1.54, 1.807) is 24.4 Å². The second-order valence-corrected chi connectivity index (χ2v) is 6.95. The first-order chi connectivity index (χ1) is 13.2. The number of hydrogen-bond acceptors (Lipinski definition) is 4. The molecule has 0 bridgehead atoms. The van der Waals surface area contributed by atoms with Crippen LogP contribution in [0.4, 0.5) is 5.82 Å². The van der Waals surface area contributed by atoms with Crippen molar-refractivity contribution in [3.05, 3.63) is 71.1 Å². The number of aromatic nitrogens is 1. The molecule has 1 aromatic carbocycles. The van der Waals surface area contributed by atoms with Crippen LogP contribution in [0.2, 0.25) is 5.02 Å². The number of nitrogens with one attached hydrogen (secondary N) is 1. The molecule has 0 radical (unpaired) electrons. The minimum atomic E-state index is -0.257. The first-order valence-corrected chi connectivity index (χ1v) is 9.41. The van der Waals surface area contributed by atoms with Crippen molar-refractivity contribution in [3.8, 4) is 11.3 Å². The zero-order valence-electron chi connectivity index (χ0n) is 14.8. The molecule has 1 amide bonds. The van der Waals surface area contributed by atoms with Crippen molar-refractivity contribution >= 4 is 23.3 Å². The van der Waals surface area contributed by atoms with Crippen LogP contribution in [-0.2, 0) is 6.54 Å². The Morgan fingerprint density at radius 1 is 1.15 bits per heavy atom. The van der Waals surface area contributed by atoms with E-state index in [0.717, 1.165) is 30.0 Å². The second-order valence-electron chi connectivity index (χ2n) is 6.54. The van der Waals surface area contributed by atoms with Gasteiger partial charge >= 0.3 is 0 Å². The van der Waals surface area contributed by atoms with Crippen molar-refractivity contribution in [3.63, 3.8) is 0 Å². The fraction of sp³-hybridized carbons (Fsp3) is 0.238. The standard InChI is InChI=1S/C21H20ClN3O2/c22-17-6-2-1-5-16(17)18-7-8-19(27-18)21(26)24-14-15-9-10-23-20(13-15)25-11-3-4-12-25/h1-2,5-10,13H,3-4,11-12,14H2,(H,24,26). The summed E-state index contributed by atoms with van der Waals surface area (Å²) in [6.45, 7) is 2.50. The number of carbonyl (C=O) groups excluding carboxylic acids is 1. The molecule has 27 heavy (non-hydrogen) atoms. The number of halogens is 1. The van der Waals surface area contributed by atoms with Crippen LogP contribution in [-0.4, -0.2) is 24.0 Å². The van der Waals surface area contributed by atoms with E-state index in [-0.39, 0.29) is 11.7 Å². The van der Waals surface area contributed by atoms with Crippen LogP contribution < -0.4 is 10.2 Å². The largest absolute Gasteiger partial charge is 0.451 e. The van der Waals surface area contributed by atoms with Crippen molar-refractivity contribution in [1.29, 1.82) is 0 Å². The topological polar surface area (TPSA) is 58.4 Å². The smallest absolute Gasteiger partial charge is 0.287 e. The molecule has 1 N–H and O–H groups in total. The third-order valence-corrected chi connectivity index (χ3v) is 4.99. The van der Waals surface area contributed by atoms with Gasteiger partial charge in [0.2, 0.25) is 0 Å². The normalized spacial score (nSPS) is 13.7. The third-order valence-electron chi connectivity index (χ3n) is 4.66. The second kappa shape index (κ2) is 7.84. The number of hydrogen-bond donors (Lipinski definition) is 1. The Bertz CT molecular complexity index is 948. The molecule has 0 saturated carbocycles. The van der Waals surface area contributed by atoms with Crippen LogP contribution in [0.15, 0.2) is 59.1 Å². The van der Waals surface area contributed by atoms with Gasteiger partial charge in [0.25, 0.3) is 5.91 Å². The summed E-state index contributed by atoms with van der Waals surface area (Å²) in [6.07, 6.45) is 4.20. The molecule has 2 aromatic heterocycles. The highest BCUT2D eigenvalue weighted by atomic mass is 35.5. The van der Waals surface area contributed by atoms with Gasteiger partial charge in [-0.05, 0) is 54.8 Å². The van der Waals surface area contributed by atoms with E-state index in [1.165, 1.54) is 12.8 Å². The molecule has 138 valence electrons. The molecule has 0 aliphatic carbocycles. The predicted octanol–water partition coefficient (Wildman–Crippen LogP) is 4.53. The monoisotopic (exact) mass is 381 g/mol. The van der Waals surface area contributed by atoms with Gasteiger partial charge in [-0.15, -0.1) is 0 Å². The first-order valence-electron chi connectivity index (χ1n) is 9.03. The molecule has 1 aliphatic heterocycles. The van der Waals surface area contributed by atoms with Crippen molar-refractivity contribution in [2.24, 2.45) is 0 Å². The minimum absolute atomic E-state index is 0.257. The quantitative estimate of drug-likeness (QED) is 0.705. The average molecular weight is 382 g/mol. The molecule has 0 atom stereocenters. The first kappa shape index (κ1) is 17.6. The molecule has 0 spiro atoms. The summed E-state index contributed by atoms with van der Waals surface area (Å²) < 4.78 is 5.69. The van der Waals surface area contributed by atoms with Crippen LogP contribution in [0, 0.1) is 0 Å². The van der Waals surface area contributed by atoms with E-state index in [1.807, 2.05) is 30.3 Å². The van der Waals surface area contributed by atoms with Gasteiger partial charge in [-0.2, -0.15) is 0 Å². The molecule has 6 heteroatoms. The summed E-state index contributed by atoms with van der Waals surface area (Å²) in [6, 6.07) is 14.8. The number of rotatable bonds is 5. The lowest BCUT2D eigenvalue weighted by Gasteiger charge is -2.16. The summed E-state index contributed by atoms with van der Waals surface area (Å²) in [5, 5.41) is 3.49. The predicted molar refractivity (Wildman–Crippen MR) is 106 cm³/mol. The van der Waals surface area contributed by atoms with Gasteiger partial charge in [0.1, 0.15) is 11.6 Å². The van der Waals surface area contributed by atoms with Gasteiger partial charge in [0.15, 0.2) is 5.76 Å². The van der Waals surface area contributed by atoms with Gasteiger partial charge in [-0.25, -0.2) is 4.98 Å². The van der Waals surface area contributed by atoms with Crippen LogP contribution in [0.1, 0.15) is 29.0 Å². The maximum Gasteiger partial charge on any atom is 0.287 e. The zero-order chi connectivity index (χ0) is 18.6. The van der Waals surface area contributed by atoms with Crippen molar-refractivity contribution in [2.45, 2.75) is 19.4 Å². The molecule has 3 aromatic rings. The number of nitrogens with zero attached hydrogens (tertiary/aromatic N) is 2. The number of pyridine rings is 1. The molecule has 3 heterocycles. The maximum atomic E-state index is 12.4. The Morgan fingerprint density at radius 2 is 1.96 bits per heavy atom. The van der Waals surface area contributed by atoms with Crippen molar-refractivity contribution < 1.29 is 9.21 Å². The number of furan rings is 1. The molecular formula is C21H20ClN3O2. The molecule has 1 saturated heterocycles. The highest BCUT2D eigenvalue weighted by molar-refractivity contribution is 6.33. The minimum Gasteiger partial charge on any atom is -0.451 e. The van der Waals surface area contributed by atoms with Gasteiger partial charge in [0, 0.05) is 31.4 Å². The van der Waals surface area contributed by atoms with Crippen LogP contribution in [0.3, 0.4) is 0 Å². The average Bonchev–Trinajstić information content (AvgIpc) is 3.39. The Kier molecular flexibility index (Phi) is 5.12. The zero-order valence-corrected chi connectivity index (χ0v) is 15.6. The number of amides is 1. The summed E-state index contributed by atoms with van der Waals surface area (Å²) in [5.41, 5.74) is 1.78. The van der Waals surface area contributed by atoms with E-state index in [4.69, 9.17) is 16.0 Å². The van der Waals surface area contributed by atoms with E-state index in [2.05, 4.69) is 15.2 Å². The molecule has 5 nitrogen and oxygen atoms in total. The van der Waals surface area contributed by atoms with Gasteiger partial charge in [0.05, 0.1) is 5.02 Å². The summed E-state index contributed by atoms with van der Waals surface area (Å²) in [5.74, 6) is 1.55. The Hall–Kier alpha value is -2.79. The van der Waals surface area contributed by atoms with Crippen LogP contribution in [0.25, 0.3) is 11.3 Å². The molecular weight excluding hydrogens is 362 g/mol. The van der Waals surface area contributed by atoms with Gasteiger partial charge in [-0.1, -0.05) is 23.7 Å². The number of carbonyl (C=O) groups is 1. The number of benzene rings is 1. The lowest BCUT2D eigenvalue weighted by atomic mass is 10.2. The number of anilines is 1. The highest BCUT2D eigenvalue weighted by Gasteiger charge is 2.15. The molecule has 4 rings (SSSR count). The molecule has 1 fully saturated rings. The fourth-order valence-electron chi connectivity index (χ4n) is 3.22. The van der Waals surface area contributed by atoms with Crippen molar-refractivity contribution in [1.82, 2.24) is 10.3 Å². The van der Waals surface area contributed by atoms with E-state index in [0.29, 0.717) is 17.3 Å². The van der Waals surface area contributed by atoms with Crippen LogP contribution in [0.5, 0.6) is 0 Å². The summed E-state index contributed by atoms with van der Waals surface area (Å²) in [7, 11) is 0. The molecule has 1 aliphatic rings. The van der Waals surface area contributed by atoms with E-state index >= 15 is 0 Å². The van der Waals surface area contributed by atoms with Gasteiger partial charge in [-0.3, -0.25) is 4.79 Å².